The number of ether oxygens (including phenoxy) is 3. The second kappa shape index (κ2) is 6.61. The van der Waals surface area contributed by atoms with Crippen LogP contribution in [0.15, 0.2) is 54.6 Å². The van der Waals surface area contributed by atoms with Gasteiger partial charge in [-0.05, 0) is 24.1 Å². The maximum Gasteiger partial charge on any atom is 0.318 e. The van der Waals surface area contributed by atoms with Gasteiger partial charge in [0, 0.05) is 25.1 Å². The van der Waals surface area contributed by atoms with Gasteiger partial charge in [-0.15, -0.1) is 0 Å². The molecule has 0 aliphatic carbocycles. The molecule has 1 spiro atoms. The lowest BCUT2D eigenvalue weighted by Crippen LogP contribution is -2.51. The minimum atomic E-state index is -0.683. The van der Waals surface area contributed by atoms with Crippen LogP contribution >= 0.6 is 0 Å². The molecule has 2 atom stereocenters. The number of hydrogen-bond acceptors (Lipinski definition) is 5. The predicted molar refractivity (Wildman–Crippen MR) is 105 cm³/mol. The van der Waals surface area contributed by atoms with Crippen LogP contribution in [0.5, 0.6) is 0 Å². The fourth-order valence-electron chi connectivity index (χ4n) is 5.08. The third kappa shape index (κ3) is 2.65. The maximum atomic E-state index is 13.1. The number of fused-ring (bicyclic) bond motifs is 2. The second-order valence-electron chi connectivity index (χ2n) is 8.04. The molecular weight excluding hydrogens is 354 g/mol. The first-order valence-electron chi connectivity index (χ1n) is 9.98. The van der Waals surface area contributed by atoms with Gasteiger partial charge in [-0.2, -0.15) is 0 Å². The van der Waals surface area contributed by atoms with E-state index in [1.807, 2.05) is 25.1 Å². The number of benzene rings is 2. The topological polar surface area (TPSA) is 48.0 Å². The van der Waals surface area contributed by atoms with Crippen molar-refractivity contribution >= 4 is 11.7 Å². The highest BCUT2D eigenvalue weighted by molar-refractivity contribution is 5.92. The smallest absolute Gasteiger partial charge is 0.318 e. The van der Waals surface area contributed by atoms with Crippen molar-refractivity contribution in [3.63, 3.8) is 0 Å². The minimum absolute atomic E-state index is 0.0804. The van der Waals surface area contributed by atoms with Crippen molar-refractivity contribution in [2.24, 2.45) is 0 Å². The molecule has 2 aromatic rings. The van der Waals surface area contributed by atoms with Crippen LogP contribution in [0.3, 0.4) is 0 Å². The Hall–Kier alpha value is -2.37. The van der Waals surface area contributed by atoms with Gasteiger partial charge in [0.25, 0.3) is 0 Å². The van der Waals surface area contributed by atoms with E-state index in [1.54, 1.807) is 0 Å². The molecular formula is C23H25NO4. The number of carbonyl (C=O) groups is 1. The van der Waals surface area contributed by atoms with E-state index in [-0.39, 0.29) is 12.0 Å². The summed E-state index contributed by atoms with van der Waals surface area (Å²) in [5.41, 5.74) is 2.73. The van der Waals surface area contributed by atoms with Crippen LogP contribution in [0.25, 0.3) is 0 Å². The summed E-state index contributed by atoms with van der Waals surface area (Å²) in [6.07, 6.45) is 1.30. The van der Waals surface area contributed by atoms with E-state index < -0.39 is 11.2 Å². The molecule has 0 radical (unpaired) electrons. The molecule has 2 fully saturated rings. The summed E-state index contributed by atoms with van der Waals surface area (Å²) in [5.74, 6) is -0.806. The van der Waals surface area contributed by atoms with Crippen LogP contribution in [0, 0.1) is 0 Å². The van der Waals surface area contributed by atoms with Crippen molar-refractivity contribution in [3.8, 4) is 0 Å². The van der Waals surface area contributed by atoms with Crippen molar-refractivity contribution in [1.29, 1.82) is 0 Å². The minimum Gasteiger partial charge on any atom is -0.465 e. The molecule has 0 unspecified atom stereocenters. The lowest BCUT2D eigenvalue weighted by atomic mass is 9.73. The molecule has 0 bridgehead atoms. The Morgan fingerprint density at radius 1 is 1.00 bits per heavy atom. The van der Waals surface area contributed by atoms with Crippen molar-refractivity contribution < 1.29 is 19.0 Å². The molecule has 5 nitrogen and oxygen atoms in total. The highest BCUT2D eigenvalue weighted by atomic mass is 16.7. The first-order chi connectivity index (χ1) is 13.6. The monoisotopic (exact) mass is 379 g/mol. The number of nitrogens with zero attached hydrogens (tertiary/aromatic N) is 1. The number of rotatable bonds is 4. The van der Waals surface area contributed by atoms with Crippen LogP contribution in [0.2, 0.25) is 0 Å². The maximum absolute atomic E-state index is 13.1. The van der Waals surface area contributed by atoms with E-state index in [0.29, 0.717) is 32.7 Å². The summed E-state index contributed by atoms with van der Waals surface area (Å²) < 4.78 is 17.4. The number of esters is 1. The lowest BCUT2D eigenvalue weighted by Gasteiger charge is -2.38. The van der Waals surface area contributed by atoms with Gasteiger partial charge >= 0.3 is 5.97 Å². The first-order valence-corrected chi connectivity index (χ1v) is 9.98. The summed E-state index contributed by atoms with van der Waals surface area (Å²) in [6.45, 7) is 4.35. The molecule has 3 aliphatic heterocycles. The van der Waals surface area contributed by atoms with Crippen LogP contribution in [0.1, 0.15) is 30.9 Å². The lowest BCUT2D eigenvalue weighted by molar-refractivity contribution is -0.157. The van der Waals surface area contributed by atoms with Crippen molar-refractivity contribution in [1.82, 2.24) is 0 Å². The third-order valence-corrected chi connectivity index (χ3v) is 6.39. The van der Waals surface area contributed by atoms with Gasteiger partial charge in [0.2, 0.25) is 0 Å². The van der Waals surface area contributed by atoms with Crippen LogP contribution < -0.4 is 4.90 Å². The largest absolute Gasteiger partial charge is 0.465 e. The average Bonchev–Trinajstić information content (AvgIpc) is 3.38. The number of carbonyl (C=O) groups excluding carboxylic acids is 1. The number of anilines is 1. The van der Waals surface area contributed by atoms with Gasteiger partial charge in [0.1, 0.15) is 5.41 Å². The zero-order chi connectivity index (χ0) is 19.2. The molecule has 3 aliphatic rings. The molecule has 146 valence electrons. The van der Waals surface area contributed by atoms with Gasteiger partial charge in [-0.1, -0.05) is 48.5 Å². The third-order valence-electron chi connectivity index (χ3n) is 6.39. The van der Waals surface area contributed by atoms with Crippen LogP contribution in [-0.4, -0.2) is 37.6 Å². The van der Waals surface area contributed by atoms with Gasteiger partial charge in [-0.3, -0.25) is 4.79 Å². The Morgan fingerprint density at radius 2 is 1.71 bits per heavy atom. The fraction of sp³-hybridized carbons (Fsp3) is 0.435. The SMILES string of the molecule is CC1(C[C@H]2N(Cc3ccccc3)c3ccccc3[C@@]23CCOC3=O)OCCO1. The van der Waals surface area contributed by atoms with E-state index in [0.717, 1.165) is 17.8 Å². The molecule has 0 aromatic heterocycles. The Kier molecular flexibility index (Phi) is 4.18. The zero-order valence-electron chi connectivity index (χ0n) is 16.1. The molecule has 5 heteroatoms. The standard InChI is InChI=1S/C23H25NO4/c1-22(27-13-14-28-22)15-20-23(11-12-26-21(23)25)18-9-5-6-10-19(18)24(20)16-17-7-3-2-4-8-17/h2-10,20H,11-16H2,1H3/t20-,23+/m1/s1. The Labute approximate surface area is 165 Å². The Bertz CT molecular complexity index is 877. The number of para-hydroxylation sites is 1. The van der Waals surface area contributed by atoms with Crippen LogP contribution in [0.4, 0.5) is 5.69 Å². The molecule has 0 saturated carbocycles. The first kappa shape index (κ1) is 17.7. The summed E-state index contributed by atoms with van der Waals surface area (Å²) in [7, 11) is 0. The van der Waals surface area contributed by atoms with Gasteiger partial charge in [0.15, 0.2) is 5.79 Å². The normalized spacial score (nSPS) is 28.0. The summed E-state index contributed by atoms with van der Waals surface area (Å²) in [4.78, 5) is 15.5. The average molecular weight is 379 g/mol. The van der Waals surface area contributed by atoms with E-state index in [1.165, 1.54) is 5.56 Å². The second-order valence-corrected chi connectivity index (χ2v) is 8.04. The number of hydrogen-bond donors (Lipinski definition) is 0. The summed E-state index contributed by atoms with van der Waals surface area (Å²) >= 11 is 0. The molecule has 0 N–H and O–H groups in total. The Morgan fingerprint density at radius 3 is 2.43 bits per heavy atom. The molecule has 2 saturated heterocycles. The van der Waals surface area contributed by atoms with Crippen LogP contribution in [-0.2, 0) is 31.0 Å². The quantitative estimate of drug-likeness (QED) is 0.762. The van der Waals surface area contributed by atoms with Gasteiger partial charge in [0.05, 0.1) is 25.9 Å². The Balaban J connectivity index is 1.61. The van der Waals surface area contributed by atoms with E-state index >= 15 is 0 Å². The molecule has 0 amide bonds. The highest BCUT2D eigenvalue weighted by Crippen LogP contribution is 2.53. The molecule has 2 aromatic carbocycles. The van der Waals surface area contributed by atoms with Gasteiger partial charge in [-0.25, -0.2) is 0 Å². The highest BCUT2D eigenvalue weighted by Gasteiger charge is 2.61. The molecule has 5 rings (SSSR count). The van der Waals surface area contributed by atoms with Gasteiger partial charge < -0.3 is 19.1 Å². The summed E-state index contributed by atoms with van der Waals surface area (Å²) in [5, 5.41) is 0. The van der Waals surface area contributed by atoms with E-state index in [2.05, 4.69) is 41.3 Å². The summed E-state index contributed by atoms with van der Waals surface area (Å²) in [6, 6.07) is 18.6. The number of cyclic esters (lactones) is 1. The van der Waals surface area contributed by atoms with E-state index in [4.69, 9.17) is 14.2 Å². The fourth-order valence-corrected chi connectivity index (χ4v) is 5.08. The zero-order valence-corrected chi connectivity index (χ0v) is 16.1. The van der Waals surface area contributed by atoms with Crippen molar-refractivity contribution in [3.05, 3.63) is 65.7 Å². The predicted octanol–water partition coefficient (Wildman–Crippen LogP) is 3.41. The van der Waals surface area contributed by atoms with Crippen molar-refractivity contribution in [2.75, 3.05) is 24.7 Å². The molecule has 3 heterocycles. The molecule has 28 heavy (non-hydrogen) atoms. The van der Waals surface area contributed by atoms with E-state index in [9.17, 15) is 4.79 Å². The van der Waals surface area contributed by atoms with Crippen molar-refractivity contribution in [2.45, 2.75) is 43.6 Å².